The predicted octanol–water partition coefficient (Wildman–Crippen LogP) is 3.54. The number of hydrogen-bond acceptors (Lipinski definition) is 4. The number of aldehydes is 1. The van der Waals surface area contributed by atoms with Crippen molar-refractivity contribution in [3.63, 3.8) is 0 Å². The Morgan fingerprint density at radius 2 is 1.83 bits per heavy atom. The molecule has 0 amide bonds. The third-order valence-corrected chi connectivity index (χ3v) is 3.14. The van der Waals surface area contributed by atoms with Crippen molar-refractivity contribution in [2.24, 2.45) is 0 Å². The topological polar surface area (TPSA) is 48.7 Å². The molecule has 94 valence electrons. The Hall–Kier alpha value is -1.75. The molecular formula is C13H11BrO4. The van der Waals surface area contributed by atoms with Crippen molar-refractivity contribution in [1.29, 1.82) is 0 Å². The first-order valence-corrected chi connectivity index (χ1v) is 5.95. The number of carbonyl (C=O) groups excluding carboxylic acids is 1. The highest BCUT2D eigenvalue weighted by Crippen LogP contribution is 2.38. The monoisotopic (exact) mass is 310 g/mol. The molecule has 1 heterocycles. The molecule has 0 fully saturated rings. The maximum Gasteiger partial charge on any atom is 0.185 e. The molecule has 5 heteroatoms. The van der Waals surface area contributed by atoms with E-state index in [0.29, 0.717) is 23.5 Å². The van der Waals surface area contributed by atoms with Crippen LogP contribution in [-0.2, 0) is 0 Å². The molecule has 0 saturated heterocycles. The molecule has 18 heavy (non-hydrogen) atoms. The fraction of sp³-hybridized carbons (Fsp3) is 0.154. The zero-order chi connectivity index (χ0) is 13.1. The van der Waals surface area contributed by atoms with Gasteiger partial charge in [-0.1, -0.05) is 0 Å². The second-order valence-electron chi connectivity index (χ2n) is 3.51. The van der Waals surface area contributed by atoms with Gasteiger partial charge in [-0.2, -0.15) is 0 Å². The van der Waals surface area contributed by atoms with Gasteiger partial charge in [-0.25, -0.2) is 0 Å². The van der Waals surface area contributed by atoms with E-state index in [9.17, 15) is 4.79 Å². The van der Waals surface area contributed by atoms with E-state index in [0.717, 1.165) is 10.0 Å². The lowest BCUT2D eigenvalue weighted by atomic mass is 10.1. The molecule has 0 spiro atoms. The van der Waals surface area contributed by atoms with Crippen LogP contribution in [0.25, 0.3) is 11.3 Å². The number of benzene rings is 1. The average molecular weight is 311 g/mol. The number of hydrogen-bond donors (Lipinski definition) is 0. The SMILES string of the molecule is COc1cc(Br)c(-c2ccc(C=O)o2)cc1OC. The zero-order valence-electron chi connectivity index (χ0n) is 9.90. The molecule has 0 aliphatic heterocycles. The molecule has 4 nitrogen and oxygen atoms in total. The lowest BCUT2D eigenvalue weighted by molar-refractivity contribution is 0.110. The average Bonchev–Trinajstić information content (AvgIpc) is 2.86. The predicted molar refractivity (Wildman–Crippen MR) is 70.3 cm³/mol. The van der Waals surface area contributed by atoms with Crippen LogP contribution in [0, 0.1) is 0 Å². The van der Waals surface area contributed by atoms with Crippen LogP contribution >= 0.6 is 15.9 Å². The first-order chi connectivity index (χ1) is 8.69. The first kappa shape index (κ1) is 12.7. The molecule has 0 unspecified atom stereocenters. The molecule has 2 aromatic rings. The van der Waals surface area contributed by atoms with Gasteiger partial charge in [0, 0.05) is 10.0 Å². The van der Waals surface area contributed by atoms with Crippen LogP contribution < -0.4 is 9.47 Å². The molecule has 0 saturated carbocycles. The molecule has 0 aliphatic carbocycles. The summed E-state index contributed by atoms with van der Waals surface area (Å²) in [5, 5.41) is 0. The minimum atomic E-state index is 0.284. The van der Waals surface area contributed by atoms with Gasteiger partial charge in [-0.3, -0.25) is 4.79 Å². The summed E-state index contributed by atoms with van der Waals surface area (Å²) in [4.78, 5) is 10.6. The van der Waals surface area contributed by atoms with Crippen molar-refractivity contribution in [3.05, 3.63) is 34.5 Å². The molecule has 0 bridgehead atoms. The van der Waals surface area contributed by atoms with E-state index in [-0.39, 0.29) is 5.76 Å². The molecular weight excluding hydrogens is 300 g/mol. The number of furan rings is 1. The largest absolute Gasteiger partial charge is 0.493 e. The van der Waals surface area contributed by atoms with Crippen LogP contribution in [0.5, 0.6) is 11.5 Å². The van der Waals surface area contributed by atoms with Gasteiger partial charge >= 0.3 is 0 Å². The van der Waals surface area contributed by atoms with Crippen molar-refractivity contribution >= 4 is 22.2 Å². The summed E-state index contributed by atoms with van der Waals surface area (Å²) in [5.74, 6) is 2.09. The molecule has 2 rings (SSSR count). The molecule has 1 aromatic carbocycles. The van der Waals surface area contributed by atoms with Gasteiger partial charge in [0.2, 0.25) is 0 Å². The molecule has 0 aliphatic rings. The maximum absolute atomic E-state index is 10.6. The number of ether oxygens (including phenoxy) is 2. The number of rotatable bonds is 4. The summed E-state index contributed by atoms with van der Waals surface area (Å²) in [6.07, 6.45) is 0.665. The quantitative estimate of drug-likeness (QED) is 0.810. The van der Waals surface area contributed by atoms with E-state index in [1.54, 1.807) is 38.5 Å². The Morgan fingerprint density at radius 3 is 2.39 bits per heavy atom. The Balaban J connectivity index is 2.53. The third kappa shape index (κ3) is 2.26. The van der Waals surface area contributed by atoms with Gasteiger partial charge in [0.05, 0.1) is 14.2 Å². The van der Waals surface area contributed by atoms with E-state index in [1.165, 1.54) is 0 Å². The number of methoxy groups -OCH3 is 2. The Labute approximate surface area is 113 Å². The van der Waals surface area contributed by atoms with E-state index < -0.39 is 0 Å². The van der Waals surface area contributed by atoms with E-state index in [2.05, 4.69) is 15.9 Å². The number of halogens is 1. The number of carbonyl (C=O) groups is 1. The van der Waals surface area contributed by atoms with Gasteiger partial charge in [-0.05, 0) is 40.2 Å². The lowest BCUT2D eigenvalue weighted by Gasteiger charge is -2.10. The lowest BCUT2D eigenvalue weighted by Crippen LogP contribution is -1.91. The molecule has 0 atom stereocenters. The third-order valence-electron chi connectivity index (χ3n) is 2.48. The second-order valence-corrected chi connectivity index (χ2v) is 4.36. The first-order valence-electron chi connectivity index (χ1n) is 5.16. The van der Waals surface area contributed by atoms with Crippen molar-refractivity contribution in [2.75, 3.05) is 14.2 Å². The zero-order valence-corrected chi connectivity index (χ0v) is 11.5. The van der Waals surface area contributed by atoms with Gasteiger partial charge in [-0.15, -0.1) is 0 Å². The molecule has 0 N–H and O–H groups in total. The highest BCUT2D eigenvalue weighted by atomic mass is 79.9. The summed E-state index contributed by atoms with van der Waals surface area (Å²) in [5.41, 5.74) is 0.792. The van der Waals surface area contributed by atoms with Crippen molar-refractivity contribution in [3.8, 4) is 22.8 Å². The van der Waals surface area contributed by atoms with Crippen LogP contribution in [0.1, 0.15) is 10.6 Å². The summed E-state index contributed by atoms with van der Waals surface area (Å²) in [6, 6.07) is 6.93. The van der Waals surface area contributed by atoms with Crippen molar-refractivity contribution in [2.45, 2.75) is 0 Å². The van der Waals surface area contributed by atoms with Gasteiger partial charge in [0.1, 0.15) is 5.76 Å². The van der Waals surface area contributed by atoms with Crippen molar-refractivity contribution < 1.29 is 18.7 Å². The van der Waals surface area contributed by atoms with Crippen LogP contribution in [0.4, 0.5) is 0 Å². The summed E-state index contributed by atoms with van der Waals surface area (Å²) in [7, 11) is 3.13. The fourth-order valence-corrected chi connectivity index (χ4v) is 2.12. The van der Waals surface area contributed by atoms with Crippen LogP contribution in [0.2, 0.25) is 0 Å². The summed E-state index contributed by atoms with van der Waals surface area (Å²) in [6.45, 7) is 0. The smallest absolute Gasteiger partial charge is 0.185 e. The summed E-state index contributed by atoms with van der Waals surface area (Å²) >= 11 is 3.44. The van der Waals surface area contributed by atoms with Crippen molar-refractivity contribution in [1.82, 2.24) is 0 Å². The van der Waals surface area contributed by atoms with Gasteiger partial charge < -0.3 is 13.9 Å². The highest BCUT2D eigenvalue weighted by molar-refractivity contribution is 9.10. The highest BCUT2D eigenvalue weighted by Gasteiger charge is 2.13. The van der Waals surface area contributed by atoms with E-state index in [1.807, 2.05) is 0 Å². The Morgan fingerprint density at radius 1 is 1.17 bits per heavy atom. The Bertz CT molecular complexity index is 574. The van der Waals surface area contributed by atoms with E-state index >= 15 is 0 Å². The van der Waals surface area contributed by atoms with Crippen LogP contribution in [0.15, 0.2) is 33.2 Å². The summed E-state index contributed by atoms with van der Waals surface area (Å²) < 4.78 is 16.6. The minimum absolute atomic E-state index is 0.284. The second kappa shape index (κ2) is 5.27. The van der Waals surface area contributed by atoms with Crippen LogP contribution in [0.3, 0.4) is 0 Å². The normalized spacial score (nSPS) is 10.2. The molecule has 0 radical (unpaired) electrons. The Kier molecular flexibility index (Phi) is 3.72. The standard InChI is InChI=1S/C13H11BrO4/c1-16-12-5-9(10(14)6-13(12)17-2)11-4-3-8(7-15)18-11/h3-7H,1-2H3. The van der Waals surface area contributed by atoms with Crippen LogP contribution in [-0.4, -0.2) is 20.5 Å². The van der Waals surface area contributed by atoms with E-state index in [4.69, 9.17) is 13.9 Å². The van der Waals surface area contributed by atoms with Gasteiger partial charge in [0.15, 0.2) is 23.5 Å². The maximum atomic E-state index is 10.6. The fourth-order valence-electron chi connectivity index (χ4n) is 1.60. The molecule has 1 aromatic heterocycles. The van der Waals surface area contributed by atoms with Gasteiger partial charge in [0.25, 0.3) is 0 Å². The minimum Gasteiger partial charge on any atom is -0.493 e.